The van der Waals surface area contributed by atoms with Crippen LogP contribution in [-0.4, -0.2) is 28.2 Å². The van der Waals surface area contributed by atoms with E-state index < -0.39 is 29.2 Å². The lowest BCUT2D eigenvalue weighted by Crippen LogP contribution is -2.57. The van der Waals surface area contributed by atoms with Crippen LogP contribution in [0.1, 0.15) is 52.7 Å². The summed E-state index contributed by atoms with van der Waals surface area (Å²) in [5.74, 6) is -1.27. The normalized spacial score (nSPS) is 25.7. The Balaban J connectivity index is 2.18. The lowest BCUT2D eigenvalue weighted by atomic mass is 9.69. The summed E-state index contributed by atoms with van der Waals surface area (Å²) in [6.07, 6.45) is -1.51. The zero-order valence-corrected chi connectivity index (χ0v) is 18.3. The van der Waals surface area contributed by atoms with Gasteiger partial charge in [-0.1, -0.05) is 88.4 Å². The first-order valence-electron chi connectivity index (χ1n) is 10.4. The molecule has 4 heteroatoms. The minimum Gasteiger partial charge on any atom is -0.382 e. The van der Waals surface area contributed by atoms with E-state index >= 15 is 0 Å². The predicted molar refractivity (Wildman–Crippen MR) is 114 cm³/mol. The van der Waals surface area contributed by atoms with Crippen molar-refractivity contribution in [3.05, 3.63) is 71.8 Å². The van der Waals surface area contributed by atoms with Gasteiger partial charge in [0.25, 0.3) is 0 Å². The van der Waals surface area contributed by atoms with E-state index in [2.05, 4.69) is 0 Å². The molecule has 2 N–H and O–H groups in total. The van der Waals surface area contributed by atoms with Gasteiger partial charge >= 0.3 is 0 Å². The number of benzene rings is 2. The molecule has 29 heavy (non-hydrogen) atoms. The number of hydrogen-bond acceptors (Lipinski definition) is 4. The Morgan fingerprint density at radius 2 is 1.00 bits per heavy atom. The van der Waals surface area contributed by atoms with Gasteiger partial charge in [-0.25, -0.2) is 0 Å². The predicted octanol–water partition coefficient (Wildman–Crippen LogP) is 4.59. The molecule has 1 heterocycles. The first-order chi connectivity index (χ1) is 13.5. The number of aliphatic hydroxyl groups is 2. The Kier molecular flexibility index (Phi) is 5.94. The molecule has 3 rings (SSSR count). The van der Waals surface area contributed by atoms with Crippen LogP contribution in [0.3, 0.4) is 0 Å². The molecule has 0 bridgehead atoms. The fourth-order valence-electron chi connectivity index (χ4n) is 4.47. The van der Waals surface area contributed by atoms with Gasteiger partial charge in [-0.05, 0) is 36.8 Å². The monoisotopic (exact) mass is 398 g/mol. The third kappa shape index (κ3) is 3.75. The van der Waals surface area contributed by atoms with Crippen molar-refractivity contribution in [1.29, 1.82) is 0 Å². The van der Waals surface area contributed by atoms with Crippen molar-refractivity contribution in [2.75, 3.05) is 0 Å². The summed E-state index contributed by atoms with van der Waals surface area (Å²) in [4.78, 5) is 0. The number of hydrogen-bond donors (Lipinski definition) is 2. The highest BCUT2D eigenvalue weighted by Gasteiger charge is 2.61. The lowest BCUT2D eigenvalue weighted by Gasteiger charge is -2.45. The quantitative estimate of drug-likeness (QED) is 0.747. The summed E-state index contributed by atoms with van der Waals surface area (Å²) in [6.45, 7) is 11.5. The minimum absolute atomic E-state index is 0.165. The third-order valence-corrected chi connectivity index (χ3v) is 6.20. The molecule has 158 valence electrons. The fourth-order valence-corrected chi connectivity index (χ4v) is 4.47. The van der Waals surface area contributed by atoms with E-state index in [9.17, 15) is 10.2 Å². The third-order valence-electron chi connectivity index (χ3n) is 6.20. The molecule has 1 aliphatic heterocycles. The molecule has 4 nitrogen and oxygen atoms in total. The van der Waals surface area contributed by atoms with E-state index in [0.717, 1.165) is 11.1 Å². The van der Waals surface area contributed by atoms with Crippen LogP contribution in [-0.2, 0) is 20.7 Å². The van der Waals surface area contributed by atoms with Crippen molar-refractivity contribution < 1.29 is 19.7 Å². The van der Waals surface area contributed by atoms with Crippen molar-refractivity contribution in [3.8, 4) is 0 Å². The Hall–Kier alpha value is -1.72. The fraction of sp³-hybridized carbons (Fsp3) is 0.520. The van der Waals surface area contributed by atoms with E-state index in [1.165, 1.54) is 0 Å². The van der Waals surface area contributed by atoms with Gasteiger partial charge in [0, 0.05) is 0 Å². The Labute approximate surface area is 174 Å². The smallest absolute Gasteiger partial charge is 0.164 e. The highest BCUT2D eigenvalue weighted by atomic mass is 16.8. The van der Waals surface area contributed by atoms with E-state index in [-0.39, 0.29) is 11.8 Å². The molecule has 2 aromatic rings. The Morgan fingerprint density at radius 1 is 0.690 bits per heavy atom. The summed E-state index contributed by atoms with van der Waals surface area (Å²) in [5, 5.41) is 24.1. The highest BCUT2D eigenvalue weighted by molar-refractivity contribution is 5.30. The maximum absolute atomic E-state index is 12.0. The molecule has 0 aliphatic carbocycles. The molecule has 1 fully saturated rings. The van der Waals surface area contributed by atoms with Crippen LogP contribution in [0.4, 0.5) is 0 Å². The molecular weight excluding hydrogens is 364 g/mol. The second-order valence-corrected chi connectivity index (χ2v) is 9.17. The van der Waals surface area contributed by atoms with E-state index in [4.69, 9.17) is 9.47 Å². The maximum atomic E-state index is 12.0. The average molecular weight is 399 g/mol. The van der Waals surface area contributed by atoms with Crippen LogP contribution in [0, 0.1) is 11.8 Å². The molecule has 1 aliphatic rings. The van der Waals surface area contributed by atoms with Gasteiger partial charge in [0.1, 0.15) is 23.4 Å². The Morgan fingerprint density at radius 3 is 1.28 bits per heavy atom. The molecule has 4 atom stereocenters. The van der Waals surface area contributed by atoms with Crippen LogP contribution < -0.4 is 0 Å². The van der Waals surface area contributed by atoms with Gasteiger partial charge in [-0.2, -0.15) is 0 Å². The van der Waals surface area contributed by atoms with E-state index in [1.807, 2.05) is 102 Å². The summed E-state index contributed by atoms with van der Waals surface area (Å²) in [5.41, 5.74) is -1.16. The SMILES string of the molecule is CC(C)[C@](O)(c1ccccc1)[C@H]1OC(C)(C)O[C@@H]1[C@@](O)(c1ccccc1)C(C)C. The molecule has 0 amide bonds. The molecule has 0 aromatic heterocycles. The zero-order valence-electron chi connectivity index (χ0n) is 18.3. The second-order valence-electron chi connectivity index (χ2n) is 9.17. The summed E-state index contributed by atoms with van der Waals surface area (Å²) in [6, 6.07) is 19.1. The first kappa shape index (κ1) is 22.0. The van der Waals surface area contributed by atoms with Crippen LogP contribution >= 0.6 is 0 Å². The molecule has 0 saturated carbocycles. The standard InChI is InChI=1S/C25H34O4/c1-17(2)24(26,19-13-9-7-10-14-19)21-22(29-23(5,6)28-21)25(27,18(3)4)20-15-11-8-12-16-20/h7-18,21-22,26-27H,1-6H3/t21-,22-,24-,25-/m0/s1. The summed E-state index contributed by atoms with van der Waals surface area (Å²) in [7, 11) is 0. The van der Waals surface area contributed by atoms with Crippen molar-refractivity contribution in [2.24, 2.45) is 11.8 Å². The van der Waals surface area contributed by atoms with Crippen LogP contribution in [0.15, 0.2) is 60.7 Å². The zero-order chi connectivity index (χ0) is 21.4. The van der Waals surface area contributed by atoms with Gasteiger partial charge in [0.05, 0.1) is 0 Å². The van der Waals surface area contributed by atoms with Crippen LogP contribution in [0.5, 0.6) is 0 Å². The topological polar surface area (TPSA) is 58.9 Å². The lowest BCUT2D eigenvalue weighted by molar-refractivity contribution is -0.185. The van der Waals surface area contributed by atoms with Gasteiger partial charge in [-0.15, -0.1) is 0 Å². The van der Waals surface area contributed by atoms with Crippen molar-refractivity contribution in [2.45, 2.75) is 70.7 Å². The van der Waals surface area contributed by atoms with Crippen LogP contribution in [0.25, 0.3) is 0 Å². The van der Waals surface area contributed by atoms with Gasteiger partial charge in [-0.3, -0.25) is 0 Å². The first-order valence-corrected chi connectivity index (χ1v) is 10.4. The average Bonchev–Trinajstić information content (AvgIpc) is 3.04. The molecule has 0 radical (unpaired) electrons. The summed E-state index contributed by atoms with van der Waals surface area (Å²) >= 11 is 0. The number of ether oxygens (including phenoxy) is 2. The maximum Gasteiger partial charge on any atom is 0.164 e. The molecule has 1 saturated heterocycles. The minimum atomic E-state index is -1.34. The van der Waals surface area contributed by atoms with Crippen molar-refractivity contribution in [1.82, 2.24) is 0 Å². The van der Waals surface area contributed by atoms with Gasteiger partial charge < -0.3 is 19.7 Å². The molecule has 0 spiro atoms. The summed E-state index contributed by atoms with van der Waals surface area (Å²) < 4.78 is 12.7. The molecular formula is C25H34O4. The number of rotatable bonds is 6. The van der Waals surface area contributed by atoms with Crippen molar-refractivity contribution in [3.63, 3.8) is 0 Å². The Bertz CT molecular complexity index is 735. The largest absolute Gasteiger partial charge is 0.382 e. The van der Waals surface area contributed by atoms with Crippen LogP contribution in [0.2, 0.25) is 0 Å². The van der Waals surface area contributed by atoms with Gasteiger partial charge in [0.15, 0.2) is 5.79 Å². The van der Waals surface area contributed by atoms with E-state index in [0.29, 0.717) is 0 Å². The molecule has 2 aromatic carbocycles. The molecule has 0 unspecified atom stereocenters. The second kappa shape index (κ2) is 7.84. The van der Waals surface area contributed by atoms with Crippen molar-refractivity contribution >= 4 is 0 Å². The van der Waals surface area contributed by atoms with Gasteiger partial charge in [0.2, 0.25) is 0 Å². The highest BCUT2D eigenvalue weighted by Crippen LogP contribution is 2.50. The van der Waals surface area contributed by atoms with E-state index in [1.54, 1.807) is 0 Å².